The Balaban J connectivity index is 1.60. The summed E-state index contributed by atoms with van der Waals surface area (Å²) in [4.78, 5) is 12.9. The predicted molar refractivity (Wildman–Crippen MR) is 123 cm³/mol. The molecule has 0 atom stereocenters. The minimum atomic E-state index is -3.59. The first-order chi connectivity index (χ1) is 14.7. The molecule has 3 rings (SSSR count). The van der Waals surface area contributed by atoms with Crippen LogP contribution in [0.4, 0.5) is 5.69 Å². The molecule has 1 amide bonds. The van der Waals surface area contributed by atoms with E-state index >= 15 is 0 Å². The summed E-state index contributed by atoms with van der Waals surface area (Å²) < 4.78 is 33.1. The van der Waals surface area contributed by atoms with Gasteiger partial charge in [-0.25, -0.2) is 8.42 Å². The summed E-state index contributed by atoms with van der Waals surface area (Å²) in [6, 6.07) is 12.8. The van der Waals surface area contributed by atoms with E-state index in [9.17, 15) is 13.2 Å². The largest absolute Gasteiger partial charge is 0.494 e. The van der Waals surface area contributed by atoms with Crippen molar-refractivity contribution in [3.8, 4) is 5.75 Å². The van der Waals surface area contributed by atoms with Gasteiger partial charge in [0.25, 0.3) is 0 Å². The number of ether oxygens (including phenoxy) is 1. The fourth-order valence-electron chi connectivity index (χ4n) is 3.80. The van der Waals surface area contributed by atoms with Gasteiger partial charge in [-0.1, -0.05) is 26.0 Å². The molecule has 1 heterocycles. The first-order valence-corrected chi connectivity index (χ1v) is 12.3. The van der Waals surface area contributed by atoms with Crippen LogP contribution in [-0.4, -0.2) is 38.3 Å². The zero-order chi connectivity index (χ0) is 22.6. The standard InChI is InChI=1S/C24H32N2O4S/c1-5-30-23-11-10-22(16-18(23)4)31(28,29)26-14-12-20(13-15-26)24(27)25-21-8-6-19(7-9-21)17(2)3/h6-11,16-17,20H,5,12-15H2,1-4H3,(H,25,27). The van der Waals surface area contributed by atoms with Crippen molar-refractivity contribution in [3.05, 3.63) is 53.6 Å². The summed E-state index contributed by atoms with van der Waals surface area (Å²) in [5.41, 5.74) is 2.79. The molecule has 168 valence electrons. The lowest BCUT2D eigenvalue weighted by atomic mass is 9.97. The summed E-state index contributed by atoms with van der Waals surface area (Å²) in [6.45, 7) is 9.19. The monoisotopic (exact) mass is 444 g/mol. The number of carbonyl (C=O) groups excluding carboxylic acids is 1. The fraction of sp³-hybridized carbons (Fsp3) is 0.458. The summed E-state index contributed by atoms with van der Waals surface area (Å²) in [5, 5.41) is 2.97. The van der Waals surface area contributed by atoms with Crippen LogP contribution in [0.1, 0.15) is 50.7 Å². The van der Waals surface area contributed by atoms with Crippen LogP contribution < -0.4 is 10.1 Å². The van der Waals surface area contributed by atoms with E-state index in [4.69, 9.17) is 4.74 Å². The van der Waals surface area contributed by atoms with Crippen LogP contribution in [0.2, 0.25) is 0 Å². The number of amides is 1. The number of rotatable bonds is 7. The second kappa shape index (κ2) is 9.83. The van der Waals surface area contributed by atoms with Crippen LogP contribution in [0, 0.1) is 12.8 Å². The Morgan fingerprint density at radius 2 is 1.77 bits per heavy atom. The van der Waals surface area contributed by atoms with E-state index < -0.39 is 10.0 Å². The Hall–Kier alpha value is -2.38. The summed E-state index contributed by atoms with van der Waals surface area (Å²) in [7, 11) is -3.59. The quantitative estimate of drug-likeness (QED) is 0.679. The lowest BCUT2D eigenvalue weighted by Gasteiger charge is -2.30. The van der Waals surface area contributed by atoms with E-state index in [0.29, 0.717) is 44.2 Å². The van der Waals surface area contributed by atoms with E-state index in [1.54, 1.807) is 18.2 Å². The van der Waals surface area contributed by atoms with Crippen molar-refractivity contribution in [1.82, 2.24) is 4.31 Å². The van der Waals surface area contributed by atoms with Crippen LogP contribution in [0.5, 0.6) is 5.75 Å². The van der Waals surface area contributed by atoms with Gasteiger partial charge in [0.2, 0.25) is 15.9 Å². The summed E-state index contributed by atoms with van der Waals surface area (Å²) in [5.74, 6) is 0.887. The molecule has 7 heteroatoms. The van der Waals surface area contributed by atoms with E-state index in [0.717, 1.165) is 11.3 Å². The van der Waals surface area contributed by atoms with Crippen molar-refractivity contribution in [2.75, 3.05) is 25.0 Å². The average Bonchev–Trinajstić information content (AvgIpc) is 2.75. The Kier molecular flexibility index (Phi) is 7.38. The molecule has 0 bridgehead atoms. The maximum atomic E-state index is 13.0. The van der Waals surface area contributed by atoms with Crippen molar-refractivity contribution in [1.29, 1.82) is 0 Å². The number of sulfonamides is 1. The Morgan fingerprint density at radius 3 is 2.32 bits per heavy atom. The van der Waals surface area contributed by atoms with Crippen molar-refractivity contribution in [2.24, 2.45) is 5.92 Å². The van der Waals surface area contributed by atoms with Gasteiger partial charge in [-0.05, 0) is 74.1 Å². The number of nitrogens with one attached hydrogen (secondary N) is 1. The van der Waals surface area contributed by atoms with Crippen molar-refractivity contribution in [3.63, 3.8) is 0 Å². The van der Waals surface area contributed by atoms with Gasteiger partial charge < -0.3 is 10.1 Å². The summed E-state index contributed by atoms with van der Waals surface area (Å²) in [6.07, 6.45) is 1.01. The molecule has 6 nitrogen and oxygen atoms in total. The SMILES string of the molecule is CCOc1ccc(S(=O)(=O)N2CCC(C(=O)Nc3ccc(C(C)C)cc3)CC2)cc1C. The van der Waals surface area contributed by atoms with Gasteiger partial charge in [-0.2, -0.15) is 4.31 Å². The number of hydrogen-bond donors (Lipinski definition) is 1. The lowest BCUT2D eigenvalue weighted by Crippen LogP contribution is -2.41. The third kappa shape index (κ3) is 5.46. The predicted octanol–water partition coefficient (Wildman–Crippen LogP) is 4.56. The van der Waals surface area contributed by atoms with Crippen LogP contribution in [0.15, 0.2) is 47.4 Å². The number of piperidine rings is 1. The molecule has 0 unspecified atom stereocenters. The van der Waals surface area contributed by atoms with Crippen molar-refractivity contribution < 1.29 is 17.9 Å². The molecule has 0 radical (unpaired) electrons. The first-order valence-electron chi connectivity index (χ1n) is 10.9. The van der Waals surface area contributed by atoms with Gasteiger partial charge >= 0.3 is 0 Å². The Bertz CT molecular complexity index is 1010. The molecule has 1 fully saturated rings. The zero-order valence-corrected chi connectivity index (χ0v) is 19.5. The molecule has 0 saturated carbocycles. The highest BCUT2D eigenvalue weighted by molar-refractivity contribution is 7.89. The average molecular weight is 445 g/mol. The molecular formula is C24H32N2O4S. The normalized spacial score (nSPS) is 15.8. The van der Waals surface area contributed by atoms with Crippen LogP contribution in [-0.2, 0) is 14.8 Å². The van der Waals surface area contributed by atoms with Gasteiger partial charge in [0.15, 0.2) is 0 Å². The second-order valence-corrected chi connectivity index (χ2v) is 10.2. The molecule has 2 aromatic rings. The Morgan fingerprint density at radius 1 is 1.13 bits per heavy atom. The number of nitrogens with zero attached hydrogens (tertiary/aromatic N) is 1. The van der Waals surface area contributed by atoms with Crippen LogP contribution >= 0.6 is 0 Å². The summed E-state index contributed by atoms with van der Waals surface area (Å²) >= 11 is 0. The molecule has 0 aliphatic carbocycles. The number of benzene rings is 2. The third-order valence-corrected chi connectivity index (χ3v) is 7.65. The maximum absolute atomic E-state index is 13.0. The van der Waals surface area contributed by atoms with Crippen LogP contribution in [0.3, 0.4) is 0 Å². The molecule has 0 spiro atoms. The number of anilines is 1. The minimum Gasteiger partial charge on any atom is -0.494 e. The van der Waals surface area contributed by atoms with Crippen molar-refractivity contribution in [2.45, 2.75) is 51.3 Å². The maximum Gasteiger partial charge on any atom is 0.243 e. The first kappa shape index (κ1) is 23.3. The smallest absolute Gasteiger partial charge is 0.243 e. The Labute approximate surface area is 185 Å². The van der Waals surface area contributed by atoms with Gasteiger partial charge in [-0.15, -0.1) is 0 Å². The van der Waals surface area contributed by atoms with Crippen LogP contribution in [0.25, 0.3) is 0 Å². The van der Waals surface area contributed by atoms with E-state index in [2.05, 4.69) is 19.2 Å². The molecular weight excluding hydrogens is 412 g/mol. The zero-order valence-electron chi connectivity index (χ0n) is 18.7. The molecule has 1 aliphatic heterocycles. The van der Waals surface area contributed by atoms with E-state index in [-0.39, 0.29) is 16.7 Å². The molecule has 1 saturated heterocycles. The third-order valence-electron chi connectivity index (χ3n) is 5.75. The molecule has 1 N–H and O–H groups in total. The number of hydrogen-bond acceptors (Lipinski definition) is 4. The van der Waals surface area contributed by atoms with E-state index in [1.807, 2.05) is 38.1 Å². The van der Waals surface area contributed by atoms with Gasteiger partial charge in [0, 0.05) is 24.7 Å². The highest BCUT2D eigenvalue weighted by Gasteiger charge is 2.32. The van der Waals surface area contributed by atoms with Crippen molar-refractivity contribution >= 4 is 21.6 Å². The highest BCUT2D eigenvalue weighted by Crippen LogP contribution is 2.28. The molecule has 0 aromatic heterocycles. The minimum absolute atomic E-state index is 0.0498. The van der Waals surface area contributed by atoms with Gasteiger partial charge in [-0.3, -0.25) is 4.79 Å². The number of aryl methyl sites for hydroxylation is 1. The molecule has 31 heavy (non-hydrogen) atoms. The highest BCUT2D eigenvalue weighted by atomic mass is 32.2. The fourth-order valence-corrected chi connectivity index (χ4v) is 5.36. The molecule has 1 aliphatic rings. The van der Waals surface area contributed by atoms with Gasteiger partial charge in [0.1, 0.15) is 5.75 Å². The van der Waals surface area contributed by atoms with E-state index in [1.165, 1.54) is 9.87 Å². The lowest BCUT2D eigenvalue weighted by molar-refractivity contribution is -0.120. The van der Waals surface area contributed by atoms with Gasteiger partial charge in [0.05, 0.1) is 11.5 Å². The number of carbonyl (C=O) groups is 1. The molecule has 2 aromatic carbocycles. The second-order valence-electron chi connectivity index (χ2n) is 8.30. The topological polar surface area (TPSA) is 75.7 Å².